The normalized spacial score (nSPS) is 14.8. The predicted octanol–water partition coefficient (Wildman–Crippen LogP) is 3.89. The molecule has 0 spiro atoms. The number of aromatic amines is 1. The van der Waals surface area contributed by atoms with Gasteiger partial charge in [0.1, 0.15) is 24.6 Å². The van der Waals surface area contributed by atoms with E-state index in [1.54, 1.807) is 0 Å². The summed E-state index contributed by atoms with van der Waals surface area (Å²) in [6.07, 6.45) is 2.99. The van der Waals surface area contributed by atoms with Crippen molar-refractivity contribution in [3.05, 3.63) is 71.9 Å². The topological polar surface area (TPSA) is 89.9 Å². The van der Waals surface area contributed by atoms with Crippen LogP contribution in [0.5, 0.6) is 11.5 Å². The Morgan fingerprint density at radius 2 is 1.74 bits per heavy atom. The summed E-state index contributed by atoms with van der Waals surface area (Å²) in [5.41, 5.74) is 8.29. The predicted molar refractivity (Wildman–Crippen MR) is 128 cm³/mol. The SMILES string of the molecule is c1cc2c(cc1-c1ccc3[nH]nc(-c4cn(-c5ccc6c(c5)CNCC6)nn4)c3c1)OCCO2. The highest BCUT2D eigenvalue weighted by Gasteiger charge is 2.17. The van der Waals surface area contributed by atoms with Gasteiger partial charge in [-0.05, 0) is 71.6 Å². The van der Waals surface area contributed by atoms with Crippen molar-refractivity contribution in [2.75, 3.05) is 19.8 Å². The summed E-state index contributed by atoms with van der Waals surface area (Å²) < 4.78 is 13.2. The second-order valence-corrected chi connectivity index (χ2v) is 8.62. The smallest absolute Gasteiger partial charge is 0.161 e. The van der Waals surface area contributed by atoms with Crippen molar-refractivity contribution in [2.24, 2.45) is 0 Å². The number of benzene rings is 3. The lowest BCUT2D eigenvalue weighted by Crippen LogP contribution is -2.23. The van der Waals surface area contributed by atoms with Crippen molar-refractivity contribution in [2.45, 2.75) is 13.0 Å². The maximum absolute atomic E-state index is 5.76. The van der Waals surface area contributed by atoms with Gasteiger partial charge in [0.05, 0.1) is 17.4 Å². The molecule has 0 bridgehead atoms. The lowest BCUT2D eigenvalue weighted by Gasteiger charge is -2.19. The van der Waals surface area contributed by atoms with Gasteiger partial charge in [-0.25, -0.2) is 4.68 Å². The Morgan fingerprint density at radius 1 is 0.853 bits per heavy atom. The minimum atomic E-state index is 0.567. The maximum Gasteiger partial charge on any atom is 0.161 e. The van der Waals surface area contributed by atoms with Gasteiger partial charge in [0.15, 0.2) is 11.5 Å². The zero-order chi connectivity index (χ0) is 22.5. The number of aromatic nitrogens is 5. The highest BCUT2D eigenvalue weighted by atomic mass is 16.6. The molecule has 0 radical (unpaired) electrons. The van der Waals surface area contributed by atoms with Gasteiger partial charge in [-0.2, -0.15) is 5.10 Å². The number of hydrogen-bond donors (Lipinski definition) is 2. The molecule has 8 nitrogen and oxygen atoms in total. The van der Waals surface area contributed by atoms with Crippen LogP contribution < -0.4 is 14.8 Å². The van der Waals surface area contributed by atoms with Gasteiger partial charge in [-0.3, -0.25) is 5.10 Å². The highest BCUT2D eigenvalue weighted by Crippen LogP contribution is 2.36. The summed E-state index contributed by atoms with van der Waals surface area (Å²) in [7, 11) is 0. The molecular weight excluding hydrogens is 428 g/mol. The number of hydrogen-bond acceptors (Lipinski definition) is 6. The van der Waals surface area contributed by atoms with E-state index in [-0.39, 0.29) is 0 Å². The van der Waals surface area contributed by atoms with E-state index in [9.17, 15) is 0 Å². The maximum atomic E-state index is 5.76. The molecule has 3 aromatic carbocycles. The van der Waals surface area contributed by atoms with E-state index in [0.29, 0.717) is 13.2 Å². The molecule has 0 saturated heterocycles. The minimum absolute atomic E-state index is 0.567. The monoisotopic (exact) mass is 450 g/mol. The Bertz CT molecular complexity index is 1540. The summed E-state index contributed by atoms with van der Waals surface area (Å²) in [5.74, 6) is 1.56. The molecule has 34 heavy (non-hydrogen) atoms. The third kappa shape index (κ3) is 3.22. The summed E-state index contributed by atoms with van der Waals surface area (Å²) in [5, 5.41) is 20.9. The fourth-order valence-electron chi connectivity index (χ4n) is 4.72. The van der Waals surface area contributed by atoms with Crippen molar-refractivity contribution in [1.29, 1.82) is 0 Å². The number of nitrogens with one attached hydrogen (secondary N) is 2. The van der Waals surface area contributed by atoms with Crippen molar-refractivity contribution >= 4 is 10.9 Å². The molecule has 0 unspecified atom stereocenters. The van der Waals surface area contributed by atoms with Crippen molar-refractivity contribution in [3.63, 3.8) is 0 Å². The van der Waals surface area contributed by atoms with Gasteiger partial charge >= 0.3 is 0 Å². The number of H-pyrrole nitrogens is 1. The molecule has 2 aromatic heterocycles. The number of rotatable bonds is 3. The van der Waals surface area contributed by atoms with Gasteiger partial charge in [0.2, 0.25) is 0 Å². The molecule has 0 amide bonds. The quantitative estimate of drug-likeness (QED) is 0.433. The van der Waals surface area contributed by atoms with Crippen LogP contribution in [0, 0.1) is 0 Å². The van der Waals surface area contributed by atoms with E-state index in [4.69, 9.17) is 9.47 Å². The Labute approximate surface area is 195 Å². The first kappa shape index (κ1) is 19.3. The fourth-order valence-corrected chi connectivity index (χ4v) is 4.72. The second kappa shape index (κ2) is 7.71. The van der Waals surface area contributed by atoms with Gasteiger partial charge in [-0.15, -0.1) is 5.10 Å². The Kier molecular flexibility index (Phi) is 4.38. The molecule has 8 heteroatoms. The van der Waals surface area contributed by atoms with Gasteiger partial charge in [0, 0.05) is 11.9 Å². The molecule has 4 heterocycles. The third-order valence-corrected chi connectivity index (χ3v) is 6.52. The van der Waals surface area contributed by atoms with E-state index >= 15 is 0 Å². The van der Waals surface area contributed by atoms with E-state index in [1.165, 1.54) is 11.1 Å². The summed E-state index contributed by atoms with van der Waals surface area (Å²) in [4.78, 5) is 0. The number of ether oxygens (including phenoxy) is 2. The average molecular weight is 451 g/mol. The van der Waals surface area contributed by atoms with Crippen LogP contribution in [0.1, 0.15) is 11.1 Å². The molecule has 2 N–H and O–H groups in total. The Hall–Kier alpha value is -4.17. The van der Waals surface area contributed by atoms with Crippen LogP contribution in [0.2, 0.25) is 0 Å². The highest BCUT2D eigenvalue weighted by molar-refractivity contribution is 5.95. The molecule has 0 fully saturated rings. The Morgan fingerprint density at radius 3 is 2.71 bits per heavy atom. The molecule has 2 aliphatic rings. The van der Waals surface area contributed by atoms with Crippen LogP contribution in [0.25, 0.3) is 39.1 Å². The average Bonchev–Trinajstić information content (AvgIpc) is 3.55. The van der Waals surface area contributed by atoms with Crippen molar-refractivity contribution in [1.82, 2.24) is 30.5 Å². The molecule has 0 saturated carbocycles. The second-order valence-electron chi connectivity index (χ2n) is 8.62. The lowest BCUT2D eigenvalue weighted by molar-refractivity contribution is 0.171. The van der Waals surface area contributed by atoms with E-state index in [0.717, 1.165) is 70.1 Å². The van der Waals surface area contributed by atoms with Crippen molar-refractivity contribution in [3.8, 4) is 39.7 Å². The molecule has 5 aromatic rings. The molecule has 0 atom stereocenters. The zero-order valence-corrected chi connectivity index (χ0v) is 18.4. The first-order chi connectivity index (χ1) is 16.8. The molecule has 7 rings (SSSR count). The minimum Gasteiger partial charge on any atom is -0.486 e. The first-order valence-electron chi connectivity index (χ1n) is 11.5. The standard InChI is InChI=1S/C26H22N6O2/c1-4-20(11-19-14-27-8-7-16(1)19)32-15-23(29-31-32)26-21-12-17(2-5-22(21)28-30-26)18-3-6-24-25(13-18)34-10-9-33-24/h1-6,11-13,15,27H,7-10,14H2,(H,28,30). The number of fused-ring (bicyclic) bond motifs is 3. The zero-order valence-electron chi connectivity index (χ0n) is 18.4. The van der Waals surface area contributed by atoms with Crippen LogP contribution in [0.4, 0.5) is 0 Å². The van der Waals surface area contributed by atoms with Gasteiger partial charge in [0.25, 0.3) is 0 Å². The molecular formula is C26H22N6O2. The van der Waals surface area contributed by atoms with Crippen LogP contribution in [0.15, 0.2) is 60.8 Å². The molecule has 2 aliphatic heterocycles. The largest absolute Gasteiger partial charge is 0.486 e. The van der Waals surface area contributed by atoms with Crippen LogP contribution >= 0.6 is 0 Å². The van der Waals surface area contributed by atoms with Crippen LogP contribution in [-0.4, -0.2) is 44.9 Å². The summed E-state index contributed by atoms with van der Waals surface area (Å²) in [6.45, 7) is 3.06. The first-order valence-corrected chi connectivity index (χ1v) is 11.5. The Balaban J connectivity index is 1.25. The summed E-state index contributed by atoms with van der Waals surface area (Å²) >= 11 is 0. The third-order valence-electron chi connectivity index (χ3n) is 6.52. The van der Waals surface area contributed by atoms with Crippen LogP contribution in [-0.2, 0) is 13.0 Å². The summed E-state index contributed by atoms with van der Waals surface area (Å²) in [6, 6.07) is 18.8. The fraction of sp³-hybridized carbons (Fsp3) is 0.192. The van der Waals surface area contributed by atoms with Gasteiger partial charge in [-0.1, -0.05) is 23.4 Å². The van der Waals surface area contributed by atoms with E-state index in [2.05, 4.69) is 62.2 Å². The molecule has 0 aliphatic carbocycles. The van der Waals surface area contributed by atoms with Crippen molar-refractivity contribution < 1.29 is 9.47 Å². The van der Waals surface area contributed by atoms with E-state index in [1.807, 2.05) is 29.1 Å². The lowest BCUT2D eigenvalue weighted by atomic mass is 10.0. The van der Waals surface area contributed by atoms with E-state index < -0.39 is 0 Å². The van der Waals surface area contributed by atoms with Crippen LogP contribution in [0.3, 0.4) is 0 Å². The number of nitrogens with zero attached hydrogens (tertiary/aromatic N) is 4. The van der Waals surface area contributed by atoms with Gasteiger partial charge < -0.3 is 14.8 Å². The molecule has 168 valence electrons.